The van der Waals surface area contributed by atoms with Gasteiger partial charge in [-0.15, -0.1) is 0 Å². The van der Waals surface area contributed by atoms with Crippen molar-refractivity contribution in [1.82, 2.24) is 16.0 Å². The molecule has 0 saturated carbocycles. The number of likely N-dealkylation sites (N-methyl/N-ethyl adjacent to an activating group) is 1. The molecule has 0 spiro atoms. The average molecular weight is 244 g/mol. The minimum absolute atomic E-state index is 0.110. The molecule has 0 unspecified atom stereocenters. The van der Waals surface area contributed by atoms with Crippen molar-refractivity contribution >= 4 is 11.8 Å². The fourth-order valence-electron chi connectivity index (χ4n) is 1.44. The summed E-state index contributed by atoms with van der Waals surface area (Å²) in [6, 6.07) is -0.448. The number of rotatable bonds is 9. The van der Waals surface area contributed by atoms with Gasteiger partial charge in [0.05, 0.1) is 0 Å². The van der Waals surface area contributed by atoms with E-state index in [9.17, 15) is 9.59 Å². The van der Waals surface area contributed by atoms with E-state index >= 15 is 0 Å². The first-order valence-electron chi connectivity index (χ1n) is 6.01. The van der Waals surface area contributed by atoms with Crippen molar-refractivity contribution in [3.63, 3.8) is 0 Å². The molecule has 1 atom stereocenters. The normalized spacial score (nSPS) is 11.9. The van der Waals surface area contributed by atoms with Gasteiger partial charge >= 0.3 is 0 Å². The Balaban J connectivity index is 4.08. The molecule has 0 rings (SSSR count). The van der Waals surface area contributed by atoms with Crippen LogP contribution in [0.5, 0.6) is 0 Å². The zero-order chi connectivity index (χ0) is 13.1. The van der Waals surface area contributed by atoms with Crippen LogP contribution in [0.25, 0.3) is 0 Å². The molecular formula is C11H24N4O2. The smallest absolute Gasteiger partial charge is 0.242 e. The lowest BCUT2D eigenvalue weighted by Gasteiger charge is -2.17. The van der Waals surface area contributed by atoms with Gasteiger partial charge in [0.15, 0.2) is 0 Å². The number of nitrogens with one attached hydrogen (secondary N) is 3. The molecule has 2 amide bonds. The Labute approximate surface area is 103 Å². The summed E-state index contributed by atoms with van der Waals surface area (Å²) < 4.78 is 0. The molecule has 100 valence electrons. The zero-order valence-electron chi connectivity index (χ0n) is 10.7. The second kappa shape index (κ2) is 10.0. The van der Waals surface area contributed by atoms with E-state index in [0.29, 0.717) is 25.9 Å². The van der Waals surface area contributed by atoms with Crippen molar-refractivity contribution < 1.29 is 9.59 Å². The van der Waals surface area contributed by atoms with Crippen LogP contribution in [0.4, 0.5) is 0 Å². The van der Waals surface area contributed by atoms with Gasteiger partial charge < -0.3 is 21.7 Å². The lowest BCUT2D eigenvalue weighted by atomic mass is 10.1. The van der Waals surface area contributed by atoms with Gasteiger partial charge in [0.1, 0.15) is 6.04 Å². The number of carbonyl (C=O) groups is 2. The Morgan fingerprint density at radius 1 is 1.24 bits per heavy atom. The van der Waals surface area contributed by atoms with Crippen molar-refractivity contribution in [2.24, 2.45) is 5.73 Å². The van der Waals surface area contributed by atoms with E-state index in [0.717, 1.165) is 12.8 Å². The molecule has 0 fully saturated rings. The van der Waals surface area contributed by atoms with Crippen molar-refractivity contribution in [1.29, 1.82) is 0 Å². The molecule has 0 heterocycles. The van der Waals surface area contributed by atoms with E-state index in [-0.39, 0.29) is 11.8 Å². The van der Waals surface area contributed by atoms with E-state index in [4.69, 9.17) is 5.73 Å². The van der Waals surface area contributed by atoms with E-state index in [1.165, 1.54) is 0 Å². The van der Waals surface area contributed by atoms with E-state index < -0.39 is 6.04 Å². The molecule has 0 aliphatic rings. The van der Waals surface area contributed by atoms with E-state index in [1.54, 1.807) is 14.1 Å². The minimum atomic E-state index is -0.448. The SMILES string of the molecule is CNCCC(=O)N[C@@H](CCCCN)C(=O)NC. The third-order valence-electron chi connectivity index (χ3n) is 2.45. The molecule has 0 aromatic rings. The van der Waals surface area contributed by atoms with Crippen LogP contribution < -0.4 is 21.7 Å². The van der Waals surface area contributed by atoms with Crippen LogP contribution in [0.1, 0.15) is 25.7 Å². The first-order chi connectivity index (χ1) is 8.15. The predicted octanol–water partition coefficient (Wildman–Crippen LogP) is -1.04. The van der Waals surface area contributed by atoms with Crippen molar-refractivity contribution in [2.45, 2.75) is 31.7 Å². The second-order valence-electron chi connectivity index (χ2n) is 3.87. The van der Waals surface area contributed by atoms with Gasteiger partial charge in [-0.3, -0.25) is 9.59 Å². The van der Waals surface area contributed by atoms with Gasteiger partial charge in [0.25, 0.3) is 0 Å². The number of hydrogen-bond donors (Lipinski definition) is 4. The summed E-state index contributed by atoms with van der Waals surface area (Å²) in [5, 5.41) is 8.17. The zero-order valence-corrected chi connectivity index (χ0v) is 10.7. The molecule has 0 bridgehead atoms. The second-order valence-corrected chi connectivity index (χ2v) is 3.87. The van der Waals surface area contributed by atoms with Crippen LogP contribution >= 0.6 is 0 Å². The first-order valence-corrected chi connectivity index (χ1v) is 6.01. The highest BCUT2D eigenvalue weighted by Crippen LogP contribution is 2.01. The number of nitrogens with two attached hydrogens (primary N) is 1. The van der Waals surface area contributed by atoms with Crippen LogP contribution in [-0.2, 0) is 9.59 Å². The molecule has 0 aliphatic carbocycles. The largest absolute Gasteiger partial charge is 0.357 e. The lowest BCUT2D eigenvalue weighted by molar-refractivity contribution is -0.128. The minimum Gasteiger partial charge on any atom is -0.357 e. The van der Waals surface area contributed by atoms with Crippen LogP contribution in [-0.4, -0.2) is 45.0 Å². The van der Waals surface area contributed by atoms with Crippen LogP contribution in [0.3, 0.4) is 0 Å². The quantitative estimate of drug-likeness (QED) is 0.389. The summed E-state index contributed by atoms with van der Waals surface area (Å²) >= 11 is 0. The Bertz CT molecular complexity index is 234. The molecule has 17 heavy (non-hydrogen) atoms. The summed E-state index contributed by atoms with van der Waals surface area (Å²) in [5.74, 6) is -0.263. The first kappa shape index (κ1) is 15.9. The Morgan fingerprint density at radius 3 is 2.47 bits per heavy atom. The maximum Gasteiger partial charge on any atom is 0.242 e. The third-order valence-corrected chi connectivity index (χ3v) is 2.45. The highest BCUT2D eigenvalue weighted by molar-refractivity contribution is 5.87. The number of carbonyl (C=O) groups excluding carboxylic acids is 2. The standard InChI is InChI=1S/C11H24N4O2/c1-13-8-6-10(16)15-9(11(17)14-2)5-3-4-7-12/h9,13H,3-8,12H2,1-2H3,(H,14,17)(H,15,16)/t9-/m0/s1. The third kappa shape index (κ3) is 7.70. The Hall–Kier alpha value is -1.14. The van der Waals surface area contributed by atoms with Gasteiger partial charge in [0.2, 0.25) is 11.8 Å². The highest BCUT2D eigenvalue weighted by Gasteiger charge is 2.18. The molecule has 6 heteroatoms. The summed E-state index contributed by atoms with van der Waals surface area (Å²) in [6.45, 7) is 1.21. The summed E-state index contributed by atoms with van der Waals surface area (Å²) in [6.07, 6.45) is 2.70. The fourth-order valence-corrected chi connectivity index (χ4v) is 1.44. The number of hydrogen-bond acceptors (Lipinski definition) is 4. The monoisotopic (exact) mass is 244 g/mol. The molecule has 6 nitrogen and oxygen atoms in total. The van der Waals surface area contributed by atoms with Crippen LogP contribution in [0.2, 0.25) is 0 Å². The van der Waals surface area contributed by atoms with E-state index in [1.807, 2.05) is 0 Å². The maximum absolute atomic E-state index is 11.5. The molecule has 5 N–H and O–H groups in total. The maximum atomic E-state index is 11.5. The van der Waals surface area contributed by atoms with E-state index in [2.05, 4.69) is 16.0 Å². The molecular weight excluding hydrogens is 220 g/mol. The number of amides is 2. The molecule has 0 aliphatic heterocycles. The molecule has 0 aromatic heterocycles. The molecule has 0 saturated heterocycles. The Morgan fingerprint density at radius 2 is 1.94 bits per heavy atom. The van der Waals surface area contributed by atoms with Gasteiger partial charge in [0, 0.05) is 20.0 Å². The fraction of sp³-hybridized carbons (Fsp3) is 0.818. The van der Waals surface area contributed by atoms with Crippen LogP contribution in [0, 0.1) is 0 Å². The summed E-state index contributed by atoms with van der Waals surface area (Å²) in [4.78, 5) is 23.1. The molecule has 0 aromatic carbocycles. The van der Waals surface area contributed by atoms with Crippen molar-refractivity contribution in [2.75, 3.05) is 27.2 Å². The van der Waals surface area contributed by atoms with Gasteiger partial charge in [-0.25, -0.2) is 0 Å². The van der Waals surface area contributed by atoms with Gasteiger partial charge in [-0.05, 0) is 32.9 Å². The predicted molar refractivity (Wildman–Crippen MR) is 67.4 cm³/mol. The van der Waals surface area contributed by atoms with Gasteiger partial charge in [-0.2, -0.15) is 0 Å². The van der Waals surface area contributed by atoms with Crippen LogP contribution in [0.15, 0.2) is 0 Å². The Kier molecular flexibility index (Phi) is 9.37. The topological polar surface area (TPSA) is 96.2 Å². The average Bonchev–Trinajstić information content (AvgIpc) is 2.34. The number of unbranched alkanes of at least 4 members (excludes halogenated alkanes) is 1. The lowest BCUT2D eigenvalue weighted by Crippen LogP contribution is -2.46. The molecule has 0 radical (unpaired) electrons. The summed E-state index contributed by atoms with van der Waals surface area (Å²) in [7, 11) is 3.35. The van der Waals surface area contributed by atoms with Gasteiger partial charge in [-0.1, -0.05) is 0 Å². The highest BCUT2D eigenvalue weighted by atomic mass is 16.2. The van der Waals surface area contributed by atoms with Crippen molar-refractivity contribution in [3.8, 4) is 0 Å². The summed E-state index contributed by atoms with van der Waals surface area (Å²) in [5.41, 5.74) is 5.39. The van der Waals surface area contributed by atoms with Crippen molar-refractivity contribution in [3.05, 3.63) is 0 Å².